The maximum absolute atomic E-state index is 12.4. The molecule has 1 N–H and O–H groups in total. The van der Waals surface area contributed by atoms with Gasteiger partial charge >= 0.3 is 5.63 Å². The smallest absolute Gasteiger partial charge is 0.349 e. The minimum absolute atomic E-state index is 0.0326. The first kappa shape index (κ1) is 15.9. The van der Waals surface area contributed by atoms with E-state index in [9.17, 15) is 9.59 Å². The van der Waals surface area contributed by atoms with E-state index in [1.165, 1.54) is 13.2 Å². The van der Waals surface area contributed by atoms with E-state index in [0.717, 1.165) is 5.56 Å². The maximum Gasteiger partial charge on any atom is 0.349 e. The quantitative estimate of drug-likeness (QED) is 0.729. The van der Waals surface area contributed by atoms with E-state index in [4.69, 9.17) is 13.6 Å². The SMILES string of the molecule is COc1cccc2cc(C(=O)NC(C)Cc3ccoc3)c(=O)oc12. The number of hydrogen-bond donors (Lipinski definition) is 1. The molecule has 1 amide bonds. The lowest BCUT2D eigenvalue weighted by Gasteiger charge is -2.12. The summed E-state index contributed by atoms with van der Waals surface area (Å²) in [6.45, 7) is 1.86. The molecule has 3 aromatic rings. The van der Waals surface area contributed by atoms with Crippen molar-refractivity contribution < 1.29 is 18.4 Å². The molecule has 124 valence electrons. The Bertz CT molecular complexity index is 911. The fourth-order valence-corrected chi connectivity index (χ4v) is 2.55. The van der Waals surface area contributed by atoms with Crippen molar-refractivity contribution in [2.75, 3.05) is 7.11 Å². The fraction of sp³-hybridized carbons (Fsp3) is 0.222. The number of carbonyl (C=O) groups excluding carboxylic acids is 1. The number of benzene rings is 1. The molecule has 1 unspecified atom stereocenters. The molecule has 0 spiro atoms. The number of ether oxygens (including phenoxy) is 1. The number of amides is 1. The van der Waals surface area contributed by atoms with Crippen LogP contribution in [-0.2, 0) is 6.42 Å². The Hall–Kier alpha value is -3.02. The minimum Gasteiger partial charge on any atom is -0.493 e. The number of carbonyl (C=O) groups is 1. The second-order valence-electron chi connectivity index (χ2n) is 5.54. The van der Waals surface area contributed by atoms with Gasteiger partial charge in [0.25, 0.3) is 5.91 Å². The van der Waals surface area contributed by atoms with Crippen molar-refractivity contribution in [2.45, 2.75) is 19.4 Å². The lowest BCUT2D eigenvalue weighted by molar-refractivity contribution is 0.0936. The maximum atomic E-state index is 12.4. The van der Waals surface area contributed by atoms with Gasteiger partial charge in [-0.15, -0.1) is 0 Å². The van der Waals surface area contributed by atoms with Gasteiger partial charge in [0.15, 0.2) is 11.3 Å². The van der Waals surface area contributed by atoms with Gasteiger partial charge in [-0.25, -0.2) is 4.79 Å². The topological polar surface area (TPSA) is 81.7 Å². The van der Waals surface area contributed by atoms with Crippen LogP contribution in [0, 0.1) is 0 Å². The summed E-state index contributed by atoms with van der Waals surface area (Å²) < 4.78 is 15.4. The summed E-state index contributed by atoms with van der Waals surface area (Å²) in [6.07, 6.45) is 3.81. The Morgan fingerprint density at radius 2 is 2.17 bits per heavy atom. The summed E-state index contributed by atoms with van der Waals surface area (Å²) in [4.78, 5) is 24.5. The van der Waals surface area contributed by atoms with E-state index in [0.29, 0.717) is 23.1 Å². The Balaban J connectivity index is 1.84. The summed E-state index contributed by atoms with van der Waals surface area (Å²) >= 11 is 0. The molecule has 1 aromatic carbocycles. The summed E-state index contributed by atoms with van der Waals surface area (Å²) in [6, 6.07) is 8.41. The van der Waals surface area contributed by atoms with Crippen LogP contribution in [0.1, 0.15) is 22.8 Å². The second kappa shape index (κ2) is 6.62. The van der Waals surface area contributed by atoms with E-state index in [-0.39, 0.29) is 11.6 Å². The molecule has 0 aliphatic heterocycles. The van der Waals surface area contributed by atoms with Crippen LogP contribution >= 0.6 is 0 Å². The van der Waals surface area contributed by atoms with E-state index in [1.807, 2.05) is 13.0 Å². The van der Waals surface area contributed by atoms with Crippen molar-refractivity contribution >= 4 is 16.9 Å². The molecule has 6 nitrogen and oxygen atoms in total. The van der Waals surface area contributed by atoms with Gasteiger partial charge in [0.1, 0.15) is 5.56 Å². The second-order valence-corrected chi connectivity index (χ2v) is 5.54. The molecule has 24 heavy (non-hydrogen) atoms. The van der Waals surface area contributed by atoms with E-state index in [1.54, 1.807) is 30.7 Å². The third-order valence-electron chi connectivity index (χ3n) is 3.69. The minimum atomic E-state index is -0.694. The molecule has 0 aliphatic carbocycles. The summed E-state index contributed by atoms with van der Waals surface area (Å²) in [5, 5.41) is 3.42. The van der Waals surface area contributed by atoms with Gasteiger partial charge in [0.2, 0.25) is 0 Å². The van der Waals surface area contributed by atoms with Gasteiger partial charge in [0.05, 0.1) is 19.6 Å². The van der Waals surface area contributed by atoms with Gasteiger partial charge in [-0.05, 0) is 37.1 Å². The lowest BCUT2D eigenvalue weighted by Crippen LogP contribution is -2.36. The van der Waals surface area contributed by atoms with Crippen LogP contribution < -0.4 is 15.7 Å². The zero-order valence-corrected chi connectivity index (χ0v) is 13.4. The number of fused-ring (bicyclic) bond motifs is 1. The molecule has 6 heteroatoms. The molecule has 2 aromatic heterocycles. The Kier molecular flexibility index (Phi) is 4.37. The highest BCUT2D eigenvalue weighted by Gasteiger charge is 2.17. The van der Waals surface area contributed by atoms with E-state index in [2.05, 4.69) is 5.32 Å². The lowest BCUT2D eigenvalue weighted by atomic mass is 10.1. The molecular weight excluding hydrogens is 310 g/mol. The monoisotopic (exact) mass is 327 g/mol. The van der Waals surface area contributed by atoms with E-state index < -0.39 is 11.5 Å². The number of nitrogens with one attached hydrogen (secondary N) is 1. The van der Waals surface area contributed by atoms with Gasteiger partial charge in [-0.2, -0.15) is 0 Å². The standard InChI is InChI=1S/C18H17NO5/c1-11(8-12-6-7-23-10-12)19-17(20)14-9-13-4-3-5-15(22-2)16(13)24-18(14)21/h3-7,9-11H,8H2,1-2H3,(H,19,20). The third-order valence-corrected chi connectivity index (χ3v) is 3.69. The van der Waals surface area contributed by atoms with Gasteiger partial charge in [-0.3, -0.25) is 4.79 Å². The first-order chi connectivity index (χ1) is 11.6. The highest BCUT2D eigenvalue weighted by molar-refractivity contribution is 5.97. The van der Waals surface area contributed by atoms with Crippen LogP contribution in [0.15, 0.2) is 56.5 Å². The highest BCUT2D eigenvalue weighted by Crippen LogP contribution is 2.24. The fourth-order valence-electron chi connectivity index (χ4n) is 2.55. The molecule has 1 atom stereocenters. The zero-order chi connectivity index (χ0) is 17.1. The van der Waals surface area contributed by atoms with Crippen LogP contribution in [0.2, 0.25) is 0 Å². The Morgan fingerprint density at radius 1 is 1.33 bits per heavy atom. The predicted molar refractivity (Wildman–Crippen MR) is 88.4 cm³/mol. The van der Waals surface area contributed by atoms with Crippen LogP contribution in [0.5, 0.6) is 5.75 Å². The van der Waals surface area contributed by atoms with Crippen LogP contribution in [0.25, 0.3) is 11.0 Å². The molecule has 0 fully saturated rings. The number of hydrogen-bond acceptors (Lipinski definition) is 5. The number of furan rings is 1. The molecule has 0 bridgehead atoms. The van der Waals surface area contributed by atoms with Crippen molar-refractivity contribution in [3.8, 4) is 5.75 Å². The normalized spacial score (nSPS) is 12.1. The molecule has 0 radical (unpaired) electrons. The average molecular weight is 327 g/mol. The number of para-hydroxylation sites is 1. The molecule has 2 heterocycles. The molecular formula is C18H17NO5. The van der Waals surface area contributed by atoms with Gasteiger partial charge in [-0.1, -0.05) is 12.1 Å². The van der Waals surface area contributed by atoms with Crippen molar-refractivity contribution in [2.24, 2.45) is 0 Å². The van der Waals surface area contributed by atoms with Gasteiger partial charge < -0.3 is 18.9 Å². The average Bonchev–Trinajstić information content (AvgIpc) is 3.06. The summed E-state index contributed by atoms with van der Waals surface area (Å²) in [5.41, 5.74) is 0.570. The third kappa shape index (κ3) is 3.17. The van der Waals surface area contributed by atoms with Crippen LogP contribution in [-0.4, -0.2) is 19.1 Å². The first-order valence-corrected chi connectivity index (χ1v) is 7.51. The summed E-state index contributed by atoms with van der Waals surface area (Å²) in [7, 11) is 1.49. The molecule has 0 saturated carbocycles. The molecule has 0 saturated heterocycles. The van der Waals surface area contributed by atoms with Crippen LogP contribution in [0.4, 0.5) is 0 Å². The van der Waals surface area contributed by atoms with Crippen LogP contribution in [0.3, 0.4) is 0 Å². The van der Waals surface area contributed by atoms with E-state index >= 15 is 0 Å². The van der Waals surface area contributed by atoms with Crippen molar-refractivity contribution in [3.63, 3.8) is 0 Å². The Morgan fingerprint density at radius 3 is 2.88 bits per heavy atom. The van der Waals surface area contributed by atoms with Crippen molar-refractivity contribution in [3.05, 3.63) is 64.4 Å². The first-order valence-electron chi connectivity index (χ1n) is 7.51. The largest absolute Gasteiger partial charge is 0.493 e. The van der Waals surface area contributed by atoms with Crippen molar-refractivity contribution in [1.82, 2.24) is 5.32 Å². The van der Waals surface area contributed by atoms with Gasteiger partial charge in [0, 0.05) is 11.4 Å². The Labute approximate surface area is 138 Å². The zero-order valence-electron chi connectivity index (χ0n) is 13.4. The molecule has 3 rings (SSSR count). The number of rotatable bonds is 5. The molecule has 0 aliphatic rings. The summed E-state index contributed by atoms with van der Waals surface area (Å²) in [5.74, 6) is -0.0191. The van der Waals surface area contributed by atoms with Crippen molar-refractivity contribution in [1.29, 1.82) is 0 Å². The highest BCUT2D eigenvalue weighted by atomic mass is 16.5. The predicted octanol–water partition coefficient (Wildman–Crippen LogP) is 2.76. The number of methoxy groups -OCH3 is 1.